The average molecular weight is 246 g/mol. The van der Waals surface area contributed by atoms with Crippen molar-refractivity contribution in [2.45, 2.75) is 6.42 Å². The summed E-state index contributed by atoms with van der Waals surface area (Å²) in [6, 6.07) is 8.10. The summed E-state index contributed by atoms with van der Waals surface area (Å²) in [7, 11) is 0. The largest absolute Gasteiger partial charge is 0.361 e. The van der Waals surface area contributed by atoms with Crippen LogP contribution in [0.15, 0.2) is 30.5 Å². The van der Waals surface area contributed by atoms with Crippen molar-refractivity contribution in [3.8, 4) is 0 Å². The number of fused-ring (bicyclic) bond motifs is 1. The van der Waals surface area contributed by atoms with Crippen LogP contribution < -0.4 is 4.90 Å². The van der Waals surface area contributed by atoms with E-state index in [1.54, 1.807) is 0 Å². The molecule has 17 heavy (non-hydrogen) atoms. The van der Waals surface area contributed by atoms with Gasteiger partial charge in [0.1, 0.15) is 0 Å². The molecule has 1 aliphatic rings. The molecule has 0 aliphatic carbocycles. The molecule has 4 heteroatoms. The van der Waals surface area contributed by atoms with Crippen LogP contribution in [-0.2, 0) is 4.79 Å². The minimum absolute atomic E-state index is 0.207. The fourth-order valence-corrected chi connectivity index (χ4v) is 2.61. The Kier molecular flexibility index (Phi) is 2.59. The van der Waals surface area contributed by atoms with Crippen LogP contribution in [0.2, 0.25) is 0 Å². The van der Waals surface area contributed by atoms with Gasteiger partial charge in [-0.25, -0.2) is 0 Å². The van der Waals surface area contributed by atoms with Gasteiger partial charge in [-0.3, -0.25) is 4.79 Å². The minimum atomic E-state index is 0.207. The summed E-state index contributed by atoms with van der Waals surface area (Å²) in [6.07, 6.45) is 2.53. The smallest absolute Gasteiger partial charge is 0.227 e. The fraction of sp³-hybridized carbons (Fsp3) is 0.308. The van der Waals surface area contributed by atoms with Crippen LogP contribution in [-0.4, -0.2) is 23.2 Å². The van der Waals surface area contributed by atoms with E-state index in [2.05, 4.69) is 23.7 Å². The second-order valence-electron chi connectivity index (χ2n) is 4.51. The summed E-state index contributed by atoms with van der Waals surface area (Å²) in [5.74, 6) is 1.36. The van der Waals surface area contributed by atoms with E-state index in [1.165, 1.54) is 0 Å². The predicted molar refractivity (Wildman–Crippen MR) is 72.6 cm³/mol. The third kappa shape index (κ3) is 1.82. The van der Waals surface area contributed by atoms with Gasteiger partial charge in [0.15, 0.2) is 0 Å². The molecular weight excluding hydrogens is 232 g/mol. The summed E-state index contributed by atoms with van der Waals surface area (Å²) in [6.45, 7) is 0.790. The summed E-state index contributed by atoms with van der Waals surface area (Å²) in [5, 5.41) is 1.14. The molecule has 0 spiro atoms. The van der Waals surface area contributed by atoms with Gasteiger partial charge in [0.05, 0.1) is 0 Å². The molecular formula is C13H14N2OS. The van der Waals surface area contributed by atoms with Gasteiger partial charge in [0, 0.05) is 35.8 Å². The number of aromatic nitrogens is 1. The van der Waals surface area contributed by atoms with Crippen LogP contribution in [0, 0.1) is 5.92 Å². The molecule has 1 aromatic carbocycles. The van der Waals surface area contributed by atoms with Crippen LogP contribution in [0.4, 0.5) is 5.69 Å². The topological polar surface area (TPSA) is 36.1 Å². The molecule has 88 valence electrons. The van der Waals surface area contributed by atoms with E-state index >= 15 is 0 Å². The van der Waals surface area contributed by atoms with E-state index in [1.807, 2.05) is 29.3 Å². The van der Waals surface area contributed by atoms with Crippen molar-refractivity contribution in [2.24, 2.45) is 5.92 Å². The Labute approximate surface area is 105 Å². The second kappa shape index (κ2) is 4.11. The molecule has 0 bridgehead atoms. The third-order valence-corrected chi connectivity index (χ3v) is 3.83. The number of carbonyl (C=O) groups excluding carboxylic acids is 1. The maximum Gasteiger partial charge on any atom is 0.227 e. The number of aromatic amines is 1. The van der Waals surface area contributed by atoms with Crippen molar-refractivity contribution >= 4 is 35.1 Å². The van der Waals surface area contributed by atoms with Crippen LogP contribution in [0.1, 0.15) is 6.42 Å². The number of hydrogen-bond donors (Lipinski definition) is 2. The lowest BCUT2D eigenvalue weighted by molar-refractivity contribution is -0.117. The molecule has 2 heterocycles. The molecule has 1 amide bonds. The van der Waals surface area contributed by atoms with Crippen molar-refractivity contribution in [1.82, 2.24) is 4.98 Å². The molecule has 1 aliphatic heterocycles. The summed E-state index contributed by atoms with van der Waals surface area (Å²) in [4.78, 5) is 16.9. The van der Waals surface area contributed by atoms with Crippen LogP contribution in [0.5, 0.6) is 0 Å². The van der Waals surface area contributed by atoms with Gasteiger partial charge in [-0.05, 0) is 35.9 Å². The van der Waals surface area contributed by atoms with Crippen molar-refractivity contribution in [3.05, 3.63) is 30.5 Å². The summed E-state index contributed by atoms with van der Waals surface area (Å²) in [5.41, 5.74) is 2.09. The third-order valence-electron chi connectivity index (χ3n) is 3.31. The predicted octanol–water partition coefficient (Wildman–Crippen LogP) is 2.45. The first-order chi connectivity index (χ1) is 8.28. The normalized spacial score (nSPS) is 20.4. The summed E-state index contributed by atoms with van der Waals surface area (Å²) >= 11 is 4.27. The molecule has 1 aromatic heterocycles. The Bertz CT molecular complexity index is 563. The molecule has 1 atom stereocenters. The Morgan fingerprint density at radius 1 is 1.41 bits per heavy atom. The van der Waals surface area contributed by atoms with Crippen molar-refractivity contribution in [1.29, 1.82) is 0 Å². The number of nitrogens with one attached hydrogen (secondary N) is 1. The highest BCUT2D eigenvalue weighted by molar-refractivity contribution is 7.80. The van der Waals surface area contributed by atoms with Gasteiger partial charge in [-0.15, -0.1) is 0 Å². The maximum atomic E-state index is 11.9. The van der Waals surface area contributed by atoms with Gasteiger partial charge in [-0.1, -0.05) is 0 Å². The number of H-pyrrole nitrogens is 1. The first-order valence-corrected chi connectivity index (χ1v) is 6.39. The van der Waals surface area contributed by atoms with Gasteiger partial charge in [-0.2, -0.15) is 12.6 Å². The molecule has 0 radical (unpaired) electrons. The van der Waals surface area contributed by atoms with E-state index in [-0.39, 0.29) is 5.91 Å². The molecule has 1 N–H and O–H groups in total. The number of thiol groups is 1. The lowest BCUT2D eigenvalue weighted by atomic mass is 10.1. The van der Waals surface area contributed by atoms with Crippen molar-refractivity contribution < 1.29 is 4.79 Å². The van der Waals surface area contributed by atoms with Gasteiger partial charge in [0.25, 0.3) is 0 Å². The SMILES string of the molecule is O=C1CC(CS)CN1c1ccc2[nH]ccc2c1. The highest BCUT2D eigenvalue weighted by Gasteiger charge is 2.29. The van der Waals surface area contributed by atoms with Gasteiger partial charge >= 0.3 is 0 Å². The van der Waals surface area contributed by atoms with Crippen molar-refractivity contribution in [2.75, 3.05) is 17.2 Å². The number of nitrogens with zero attached hydrogens (tertiary/aromatic N) is 1. The first-order valence-electron chi connectivity index (χ1n) is 5.76. The van der Waals surface area contributed by atoms with E-state index in [4.69, 9.17) is 0 Å². The zero-order valence-corrected chi connectivity index (χ0v) is 10.3. The quantitative estimate of drug-likeness (QED) is 0.785. The average Bonchev–Trinajstić information content (AvgIpc) is 2.93. The van der Waals surface area contributed by atoms with Crippen LogP contribution in [0.25, 0.3) is 10.9 Å². The first kappa shape index (κ1) is 10.7. The highest BCUT2D eigenvalue weighted by Crippen LogP contribution is 2.28. The Hall–Kier alpha value is -1.42. The van der Waals surface area contributed by atoms with Gasteiger partial charge in [0.2, 0.25) is 5.91 Å². The standard InChI is InChI=1S/C13H14N2OS/c16-13-5-9(8-17)7-15(13)11-1-2-12-10(6-11)3-4-14-12/h1-4,6,9,14,17H,5,7-8H2. The molecule has 1 unspecified atom stereocenters. The highest BCUT2D eigenvalue weighted by atomic mass is 32.1. The number of hydrogen-bond acceptors (Lipinski definition) is 2. The number of amides is 1. The van der Waals surface area contributed by atoms with Gasteiger partial charge < -0.3 is 9.88 Å². The molecule has 3 rings (SSSR count). The van der Waals surface area contributed by atoms with Crippen LogP contribution >= 0.6 is 12.6 Å². The maximum absolute atomic E-state index is 11.9. The second-order valence-corrected chi connectivity index (χ2v) is 4.87. The lowest BCUT2D eigenvalue weighted by Crippen LogP contribution is -2.24. The number of carbonyl (C=O) groups is 1. The Morgan fingerprint density at radius 3 is 3.06 bits per heavy atom. The molecule has 2 aromatic rings. The monoisotopic (exact) mass is 246 g/mol. The van der Waals surface area contributed by atoms with E-state index in [0.717, 1.165) is 28.9 Å². The lowest BCUT2D eigenvalue weighted by Gasteiger charge is -2.16. The van der Waals surface area contributed by atoms with Crippen molar-refractivity contribution in [3.63, 3.8) is 0 Å². The molecule has 1 fully saturated rings. The number of anilines is 1. The van der Waals surface area contributed by atoms with Crippen LogP contribution in [0.3, 0.4) is 0 Å². The van der Waals surface area contributed by atoms with E-state index < -0.39 is 0 Å². The van der Waals surface area contributed by atoms with E-state index in [0.29, 0.717) is 12.3 Å². The minimum Gasteiger partial charge on any atom is -0.361 e. The Morgan fingerprint density at radius 2 is 2.29 bits per heavy atom. The number of benzene rings is 1. The zero-order chi connectivity index (χ0) is 11.8. The molecule has 1 saturated heterocycles. The zero-order valence-electron chi connectivity index (χ0n) is 9.39. The molecule has 0 saturated carbocycles. The molecule has 3 nitrogen and oxygen atoms in total. The van der Waals surface area contributed by atoms with E-state index in [9.17, 15) is 4.79 Å². The Balaban J connectivity index is 1.95. The number of rotatable bonds is 2. The summed E-state index contributed by atoms with van der Waals surface area (Å²) < 4.78 is 0. The fourth-order valence-electron chi connectivity index (χ4n) is 2.36.